The number of anilines is 1. The number of aryl methyl sites for hydroxylation is 2. The molecule has 0 atom stereocenters. The van der Waals surface area contributed by atoms with Gasteiger partial charge in [0.2, 0.25) is 0 Å². The van der Waals surface area contributed by atoms with Crippen molar-refractivity contribution in [2.45, 2.75) is 20.3 Å². The number of rotatable bonds is 6. The molecule has 3 heterocycles. The zero-order valence-electron chi connectivity index (χ0n) is 16.5. The number of hydrogen-bond acceptors (Lipinski definition) is 6. The second-order valence-electron chi connectivity index (χ2n) is 7.56. The molecule has 0 amide bonds. The fourth-order valence-electron chi connectivity index (χ4n) is 3.57. The Morgan fingerprint density at radius 1 is 1.14 bits per heavy atom. The van der Waals surface area contributed by atoms with Gasteiger partial charge in [0, 0.05) is 43.0 Å². The van der Waals surface area contributed by atoms with Crippen LogP contribution < -0.4 is 14.8 Å². The van der Waals surface area contributed by atoms with Gasteiger partial charge in [0.25, 0.3) is 10.2 Å². The quantitative estimate of drug-likeness (QED) is 0.639. The number of fused-ring (bicyclic) bond motifs is 1. The zero-order valence-corrected chi connectivity index (χ0v) is 17.3. The summed E-state index contributed by atoms with van der Waals surface area (Å²) in [5, 5.41) is 6.02. The van der Waals surface area contributed by atoms with Crippen LogP contribution in [0.1, 0.15) is 17.5 Å². The Kier molecular flexibility index (Phi) is 5.20. The lowest BCUT2D eigenvalue weighted by molar-refractivity contribution is 0.382. The van der Waals surface area contributed by atoms with Crippen LogP contribution in [0, 0.1) is 19.8 Å². The third-order valence-corrected chi connectivity index (χ3v) is 5.95. The fourth-order valence-corrected chi connectivity index (χ4v) is 3.98. The number of hydrogen-bond donors (Lipinski definition) is 2. The van der Waals surface area contributed by atoms with Gasteiger partial charge in [-0.1, -0.05) is 0 Å². The van der Waals surface area contributed by atoms with Crippen molar-refractivity contribution < 1.29 is 8.42 Å². The zero-order chi connectivity index (χ0) is 20.6. The van der Waals surface area contributed by atoms with E-state index >= 15 is 0 Å². The molecule has 0 bridgehead atoms. The molecular weight excluding hydrogens is 388 g/mol. The van der Waals surface area contributed by atoms with Crippen LogP contribution >= 0.6 is 0 Å². The first-order valence-electron chi connectivity index (χ1n) is 9.52. The van der Waals surface area contributed by atoms with Crippen LogP contribution in [0.2, 0.25) is 0 Å². The first-order valence-corrected chi connectivity index (χ1v) is 11.1. The molecule has 0 saturated carbocycles. The van der Waals surface area contributed by atoms with Crippen LogP contribution in [-0.4, -0.2) is 43.0 Å². The fraction of sp³-hybridized carbons (Fsp3) is 0.350. The number of nitrogens with two attached hydrogens (primary N) is 1. The molecule has 0 radical (unpaired) electrons. The molecule has 152 valence electrons. The number of aromatic nitrogens is 3. The average molecular weight is 413 g/mol. The van der Waals surface area contributed by atoms with E-state index in [1.165, 1.54) is 11.1 Å². The van der Waals surface area contributed by atoms with E-state index in [-0.39, 0.29) is 0 Å². The van der Waals surface area contributed by atoms with Gasteiger partial charge < -0.3 is 4.90 Å². The second kappa shape index (κ2) is 7.66. The SMILES string of the molecule is Cc1cc2nc(-c3ccncc3)nc(N3CC(CCNS(N)(=O)=O)C3)c2cc1C. The predicted octanol–water partition coefficient (Wildman–Crippen LogP) is 1.93. The Morgan fingerprint density at radius 3 is 2.52 bits per heavy atom. The molecule has 1 fully saturated rings. The summed E-state index contributed by atoms with van der Waals surface area (Å²) in [5.74, 6) is 1.99. The minimum atomic E-state index is -3.63. The summed E-state index contributed by atoms with van der Waals surface area (Å²) < 4.78 is 24.4. The number of nitrogens with zero attached hydrogens (tertiary/aromatic N) is 4. The van der Waals surface area contributed by atoms with Crippen molar-refractivity contribution in [1.82, 2.24) is 19.7 Å². The van der Waals surface area contributed by atoms with E-state index in [0.29, 0.717) is 18.3 Å². The first kappa shape index (κ1) is 19.7. The maximum Gasteiger partial charge on any atom is 0.274 e. The van der Waals surface area contributed by atoms with Gasteiger partial charge in [-0.05, 0) is 61.6 Å². The van der Waals surface area contributed by atoms with Crippen LogP contribution in [0.15, 0.2) is 36.7 Å². The van der Waals surface area contributed by atoms with Crippen LogP contribution in [0.5, 0.6) is 0 Å². The Morgan fingerprint density at radius 2 is 1.83 bits per heavy atom. The Hall–Kier alpha value is -2.62. The highest BCUT2D eigenvalue weighted by Gasteiger charge is 2.29. The van der Waals surface area contributed by atoms with Crippen LogP contribution in [0.25, 0.3) is 22.3 Å². The molecule has 0 aliphatic carbocycles. The minimum absolute atomic E-state index is 0.350. The van der Waals surface area contributed by atoms with E-state index in [1.54, 1.807) is 12.4 Å². The van der Waals surface area contributed by atoms with Crippen molar-refractivity contribution in [2.75, 3.05) is 24.5 Å². The normalized spacial score (nSPS) is 14.9. The summed E-state index contributed by atoms with van der Waals surface area (Å²) >= 11 is 0. The van der Waals surface area contributed by atoms with Gasteiger partial charge >= 0.3 is 0 Å². The third-order valence-electron chi connectivity index (χ3n) is 5.34. The first-order chi connectivity index (χ1) is 13.8. The van der Waals surface area contributed by atoms with Crippen molar-refractivity contribution in [3.63, 3.8) is 0 Å². The van der Waals surface area contributed by atoms with Gasteiger partial charge in [-0.2, -0.15) is 8.42 Å². The molecule has 0 unspecified atom stereocenters. The molecule has 3 N–H and O–H groups in total. The van der Waals surface area contributed by atoms with Crippen molar-refractivity contribution in [2.24, 2.45) is 11.1 Å². The highest BCUT2D eigenvalue weighted by atomic mass is 32.2. The lowest BCUT2D eigenvalue weighted by atomic mass is 9.95. The molecule has 1 aliphatic rings. The number of benzene rings is 1. The van der Waals surface area contributed by atoms with Crippen molar-refractivity contribution >= 4 is 26.9 Å². The maximum absolute atomic E-state index is 11.0. The summed E-state index contributed by atoms with van der Waals surface area (Å²) in [6.07, 6.45) is 4.22. The Bertz CT molecular complexity index is 1140. The van der Waals surface area contributed by atoms with Crippen LogP contribution in [-0.2, 0) is 10.2 Å². The molecule has 3 aromatic rings. The lowest BCUT2D eigenvalue weighted by Crippen LogP contribution is -2.48. The van der Waals surface area contributed by atoms with E-state index in [4.69, 9.17) is 15.1 Å². The molecule has 1 aromatic carbocycles. The standard InChI is InChI=1S/C20H24N6O2S/c1-13-9-17-18(10-14(13)2)24-19(16-4-6-22-7-5-16)25-20(17)26-11-15(12-26)3-8-23-29(21,27)28/h4-7,9-10,15,23H,3,8,11-12H2,1-2H3,(H2,21,27,28). The average Bonchev–Trinajstić information content (AvgIpc) is 2.64. The minimum Gasteiger partial charge on any atom is -0.355 e. The molecule has 29 heavy (non-hydrogen) atoms. The van der Waals surface area contributed by atoms with E-state index in [0.717, 1.165) is 41.8 Å². The van der Waals surface area contributed by atoms with Crippen molar-refractivity contribution in [1.29, 1.82) is 0 Å². The second-order valence-corrected chi connectivity index (χ2v) is 8.94. The highest BCUT2D eigenvalue weighted by molar-refractivity contribution is 7.87. The molecule has 8 nitrogen and oxygen atoms in total. The molecular formula is C20H24N6O2S. The molecule has 1 aliphatic heterocycles. The molecule has 4 rings (SSSR count). The number of nitrogens with one attached hydrogen (secondary N) is 1. The largest absolute Gasteiger partial charge is 0.355 e. The van der Waals surface area contributed by atoms with Gasteiger partial charge in [-0.3, -0.25) is 4.98 Å². The monoisotopic (exact) mass is 412 g/mol. The van der Waals surface area contributed by atoms with E-state index in [1.807, 2.05) is 12.1 Å². The van der Waals surface area contributed by atoms with Gasteiger partial charge in [0.15, 0.2) is 5.82 Å². The maximum atomic E-state index is 11.0. The van der Waals surface area contributed by atoms with E-state index in [2.05, 4.69) is 40.6 Å². The molecule has 2 aromatic heterocycles. The van der Waals surface area contributed by atoms with Gasteiger partial charge in [0.05, 0.1) is 5.52 Å². The molecule has 0 spiro atoms. The van der Waals surface area contributed by atoms with Crippen molar-refractivity contribution in [3.8, 4) is 11.4 Å². The summed E-state index contributed by atoms with van der Waals surface area (Å²) in [6, 6.07) is 8.06. The number of pyridine rings is 1. The molecule has 1 saturated heterocycles. The van der Waals surface area contributed by atoms with E-state index in [9.17, 15) is 8.42 Å². The topological polar surface area (TPSA) is 114 Å². The summed E-state index contributed by atoms with van der Waals surface area (Å²) in [5.41, 5.74) is 4.24. The Balaban J connectivity index is 1.62. The van der Waals surface area contributed by atoms with Gasteiger partial charge in [-0.25, -0.2) is 19.8 Å². The summed E-state index contributed by atoms with van der Waals surface area (Å²) in [6.45, 7) is 6.17. The predicted molar refractivity (Wildman–Crippen MR) is 114 cm³/mol. The van der Waals surface area contributed by atoms with E-state index < -0.39 is 10.2 Å². The Labute approximate surface area is 170 Å². The lowest BCUT2D eigenvalue weighted by Gasteiger charge is -2.41. The summed E-state index contributed by atoms with van der Waals surface area (Å²) in [4.78, 5) is 16.0. The highest BCUT2D eigenvalue weighted by Crippen LogP contribution is 2.33. The van der Waals surface area contributed by atoms with Crippen LogP contribution in [0.3, 0.4) is 0 Å². The summed E-state index contributed by atoms with van der Waals surface area (Å²) in [7, 11) is -3.63. The molecule has 9 heteroatoms. The van der Waals surface area contributed by atoms with Gasteiger partial charge in [-0.15, -0.1) is 0 Å². The van der Waals surface area contributed by atoms with Gasteiger partial charge in [0.1, 0.15) is 5.82 Å². The van der Waals surface area contributed by atoms with Crippen molar-refractivity contribution in [3.05, 3.63) is 47.8 Å². The smallest absolute Gasteiger partial charge is 0.274 e. The van der Waals surface area contributed by atoms with Crippen LogP contribution in [0.4, 0.5) is 5.82 Å². The third kappa shape index (κ3) is 4.36.